The van der Waals surface area contributed by atoms with Crippen LogP contribution in [0, 0.1) is 0 Å². The standard InChI is InChI=1S/C21H17F3N4O3S2/c1-2-28-16-10-6-3-7-13(16)19-17(33(28,30)31)11-25-20(27-19)32-12-18(29)26-15-9-5-4-8-14(15)21(22,23)24/h3-11H,2,12H2,1H3,(H,26,29). The van der Waals surface area contributed by atoms with E-state index in [1.54, 1.807) is 31.2 Å². The van der Waals surface area contributed by atoms with Crippen molar-refractivity contribution in [2.24, 2.45) is 0 Å². The Kier molecular flexibility index (Phi) is 6.06. The molecular weight excluding hydrogens is 477 g/mol. The van der Waals surface area contributed by atoms with Gasteiger partial charge in [-0.2, -0.15) is 13.2 Å². The molecule has 4 rings (SSSR count). The fourth-order valence-electron chi connectivity index (χ4n) is 3.44. The van der Waals surface area contributed by atoms with Crippen LogP contribution in [-0.4, -0.2) is 36.6 Å². The zero-order chi connectivity index (χ0) is 23.8. The van der Waals surface area contributed by atoms with Gasteiger partial charge in [0.1, 0.15) is 4.90 Å². The Morgan fingerprint density at radius 3 is 2.55 bits per heavy atom. The number of thioether (sulfide) groups is 1. The Balaban J connectivity index is 1.56. The number of carbonyl (C=O) groups excluding carboxylic acids is 1. The Morgan fingerprint density at radius 2 is 1.82 bits per heavy atom. The molecule has 0 radical (unpaired) electrons. The number of aromatic nitrogens is 2. The number of hydrogen-bond donors (Lipinski definition) is 1. The maximum absolute atomic E-state index is 13.1. The van der Waals surface area contributed by atoms with Crippen LogP contribution in [0.5, 0.6) is 0 Å². The minimum absolute atomic E-state index is 0.0454. The van der Waals surface area contributed by atoms with E-state index in [1.807, 2.05) is 0 Å². The number of halogens is 3. The molecule has 0 unspecified atom stereocenters. The lowest BCUT2D eigenvalue weighted by Crippen LogP contribution is -2.34. The van der Waals surface area contributed by atoms with Crippen molar-refractivity contribution in [3.63, 3.8) is 0 Å². The number of amides is 1. The summed E-state index contributed by atoms with van der Waals surface area (Å²) in [5.41, 5.74) is 0.0218. The highest BCUT2D eigenvalue weighted by Crippen LogP contribution is 2.42. The highest BCUT2D eigenvalue weighted by Gasteiger charge is 2.36. The first-order valence-corrected chi connectivity index (χ1v) is 12.1. The normalized spacial score (nSPS) is 14.4. The third-order valence-corrected chi connectivity index (χ3v) is 7.61. The molecule has 1 N–H and O–H groups in total. The molecule has 1 aliphatic rings. The number of nitrogens with zero attached hydrogens (tertiary/aromatic N) is 3. The van der Waals surface area contributed by atoms with Crippen LogP contribution in [0.1, 0.15) is 12.5 Å². The van der Waals surface area contributed by atoms with Crippen LogP contribution in [-0.2, 0) is 21.0 Å². The number of alkyl halides is 3. The Morgan fingerprint density at radius 1 is 1.12 bits per heavy atom. The molecule has 1 amide bonds. The molecule has 3 aromatic rings. The molecule has 0 aliphatic carbocycles. The molecule has 0 atom stereocenters. The maximum Gasteiger partial charge on any atom is 0.418 e. The quantitative estimate of drug-likeness (QED) is 0.417. The zero-order valence-corrected chi connectivity index (χ0v) is 18.8. The van der Waals surface area contributed by atoms with Crippen LogP contribution in [0.25, 0.3) is 11.3 Å². The summed E-state index contributed by atoms with van der Waals surface area (Å²) in [4.78, 5) is 20.6. The predicted molar refractivity (Wildman–Crippen MR) is 118 cm³/mol. The van der Waals surface area contributed by atoms with Gasteiger partial charge in [-0.3, -0.25) is 9.10 Å². The van der Waals surface area contributed by atoms with E-state index >= 15 is 0 Å². The summed E-state index contributed by atoms with van der Waals surface area (Å²) >= 11 is 0.891. The van der Waals surface area contributed by atoms with Crippen LogP contribution in [0.3, 0.4) is 0 Å². The summed E-state index contributed by atoms with van der Waals surface area (Å²) in [5.74, 6) is -0.941. The van der Waals surface area contributed by atoms with E-state index in [4.69, 9.17) is 0 Å². The van der Waals surface area contributed by atoms with Gasteiger partial charge in [0, 0.05) is 12.1 Å². The van der Waals surface area contributed by atoms with Gasteiger partial charge in [0.2, 0.25) is 5.91 Å². The van der Waals surface area contributed by atoms with Gasteiger partial charge in [-0.1, -0.05) is 42.1 Å². The van der Waals surface area contributed by atoms with Crippen LogP contribution in [0.2, 0.25) is 0 Å². The van der Waals surface area contributed by atoms with Gasteiger partial charge in [0.25, 0.3) is 10.0 Å². The lowest BCUT2D eigenvalue weighted by molar-refractivity contribution is -0.137. The number of sulfonamides is 1. The van der Waals surface area contributed by atoms with E-state index in [0.717, 1.165) is 17.8 Å². The number of carbonyl (C=O) groups is 1. The number of nitrogens with one attached hydrogen (secondary N) is 1. The molecule has 33 heavy (non-hydrogen) atoms. The second-order valence-electron chi connectivity index (χ2n) is 6.93. The first kappa shape index (κ1) is 23.1. The largest absolute Gasteiger partial charge is 0.418 e. The maximum atomic E-state index is 13.1. The second kappa shape index (κ2) is 8.67. The van der Waals surface area contributed by atoms with Crippen molar-refractivity contribution in [3.05, 3.63) is 60.3 Å². The Hall–Kier alpha value is -3.12. The van der Waals surface area contributed by atoms with E-state index in [-0.39, 0.29) is 33.7 Å². The molecule has 1 aromatic heterocycles. The molecule has 0 bridgehead atoms. The molecule has 0 spiro atoms. The van der Waals surface area contributed by atoms with Gasteiger partial charge in [0.15, 0.2) is 5.16 Å². The van der Waals surface area contributed by atoms with Crippen molar-refractivity contribution in [1.29, 1.82) is 0 Å². The summed E-state index contributed by atoms with van der Waals surface area (Å²) in [6.45, 7) is 1.95. The molecule has 2 heterocycles. The first-order chi connectivity index (χ1) is 15.6. The predicted octanol–water partition coefficient (Wildman–Crippen LogP) is 4.42. The fourth-order valence-corrected chi connectivity index (χ4v) is 5.64. The topological polar surface area (TPSA) is 92.3 Å². The van der Waals surface area contributed by atoms with E-state index in [0.29, 0.717) is 11.3 Å². The van der Waals surface area contributed by atoms with Crippen LogP contribution in [0.15, 0.2) is 64.8 Å². The Bertz CT molecular complexity index is 1330. The SMILES string of the molecule is CCN1c2ccccc2-c2nc(SCC(=O)Nc3ccccc3C(F)(F)F)ncc2S1(=O)=O. The van der Waals surface area contributed by atoms with Gasteiger partial charge < -0.3 is 5.32 Å². The first-order valence-electron chi connectivity index (χ1n) is 9.71. The average Bonchev–Trinajstić information content (AvgIpc) is 2.77. The van der Waals surface area contributed by atoms with E-state index in [9.17, 15) is 26.4 Å². The van der Waals surface area contributed by atoms with E-state index in [2.05, 4.69) is 15.3 Å². The zero-order valence-electron chi connectivity index (χ0n) is 17.1. The number of rotatable bonds is 5. The number of anilines is 2. The molecule has 0 saturated heterocycles. The van der Waals surface area contributed by atoms with Gasteiger partial charge in [0.05, 0.1) is 34.6 Å². The number of para-hydroxylation sites is 2. The molecular formula is C21H17F3N4O3S2. The van der Waals surface area contributed by atoms with Crippen molar-refractivity contribution < 1.29 is 26.4 Å². The molecule has 7 nitrogen and oxygen atoms in total. The van der Waals surface area contributed by atoms with Crippen molar-refractivity contribution in [2.75, 3.05) is 21.9 Å². The smallest absolute Gasteiger partial charge is 0.325 e. The lowest BCUT2D eigenvalue weighted by Gasteiger charge is -2.30. The molecule has 0 saturated carbocycles. The van der Waals surface area contributed by atoms with Gasteiger partial charge in [-0.25, -0.2) is 18.4 Å². The molecule has 0 fully saturated rings. The molecule has 1 aliphatic heterocycles. The van der Waals surface area contributed by atoms with Gasteiger partial charge in [-0.15, -0.1) is 0 Å². The minimum Gasteiger partial charge on any atom is -0.325 e. The van der Waals surface area contributed by atoms with Crippen LogP contribution < -0.4 is 9.62 Å². The van der Waals surface area contributed by atoms with E-state index in [1.165, 1.54) is 28.7 Å². The van der Waals surface area contributed by atoms with Crippen LogP contribution >= 0.6 is 11.8 Å². The third-order valence-electron chi connectivity index (χ3n) is 4.86. The van der Waals surface area contributed by atoms with Gasteiger partial charge >= 0.3 is 6.18 Å². The average molecular weight is 495 g/mol. The van der Waals surface area contributed by atoms with E-state index < -0.39 is 27.7 Å². The number of fused-ring (bicyclic) bond motifs is 3. The van der Waals surface area contributed by atoms with Gasteiger partial charge in [-0.05, 0) is 25.1 Å². The fraction of sp³-hybridized carbons (Fsp3) is 0.190. The monoisotopic (exact) mass is 494 g/mol. The molecule has 2 aromatic carbocycles. The summed E-state index contributed by atoms with van der Waals surface area (Å²) in [6.07, 6.45) is -3.42. The summed E-state index contributed by atoms with van der Waals surface area (Å²) in [5, 5.41) is 2.38. The minimum atomic E-state index is -4.61. The van der Waals surface area contributed by atoms with Crippen molar-refractivity contribution in [3.8, 4) is 11.3 Å². The van der Waals surface area contributed by atoms with Crippen molar-refractivity contribution >= 4 is 39.1 Å². The number of hydrogen-bond acceptors (Lipinski definition) is 6. The lowest BCUT2D eigenvalue weighted by atomic mass is 10.1. The van der Waals surface area contributed by atoms with Crippen molar-refractivity contribution in [2.45, 2.75) is 23.2 Å². The molecule has 172 valence electrons. The van der Waals surface area contributed by atoms with Crippen LogP contribution in [0.4, 0.5) is 24.5 Å². The summed E-state index contributed by atoms with van der Waals surface area (Å²) in [6, 6.07) is 11.6. The third kappa shape index (κ3) is 4.40. The highest BCUT2D eigenvalue weighted by atomic mass is 32.2. The Labute approximate surface area is 192 Å². The summed E-state index contributed by atoms with van der Waals surface area (Å²) < 4.78 is 66.6. The molecule has 12 heteroatoms. The van der Waals surface area contributed by atoms with Crippen molar-refractivity contribution in [1.82, 2.24) is 9.97 Å². The highest BCUT2D eigenvalue weighted by molar-refractivity contribution is 7.99. The summed E-state index contributed by atoms with van der Waals surface area (Å²) in [7, 11) is -3.84. The second-order valence-corrected chi connectivity index (χ2v) is 9.71. The number of benzene rings is 2.